The quantitative estimate of drug-likeness (QED) is 0.748. The predicted molar refractivity (Wildman–Crippen MR) is 76.7 cm³/mol. The second kappa shape index (κ2) is 5.92. The fourth-order valence-electron chi connectivity index (χ4n) is 4.04. The van der Waals surface area contributed by atoms with Gasteiger partial charge < -0.3 is 10.1 Å². The van der Waals surface area contributed by atoms with Gasteiger partial charge in [0.05, 0.1) is 5.60 Å². The summed E-state index contributed by atoms with van der Waals surface area (Å²) in [6, 6.07) is 0.506. The maximum atomic E-state index is 5.72. The van der Waals surface area contributed by atoms with E-state index in [1.807, 2.05) is 7.11 Å². The molecule has 2 rings (SSSR count). The van der Waals surface area contributed by atoms with Gasteiger partial charge in [0.25, 0.3) is 0 Å². The Morgan fingerprint density at radius 3 is 2.56 bits per heavy atom. The lowest BCUT2D eigenvalue weighted by Crippen LogP contribution is -2.49. The van der Waals surface area contributed by atoms with Crippen LogP contribution in [0.3, 0.4) is 0 Å². The molecule has 2 aliphatic rings. The Morgan fingerprint density at radius 2 is 2.06 bits per heavy atom. The van der Waals surface area contributed by atoms with Crippen LogP contribution in [0.15, 0.2) is 0 Å². The molecule has 0 amide bonds. The molecule has 4 unspecified atom stereocenters. The molecule has 0 aromatic heterocycles. The predicted octanol–water partition coefficient (Wildman–Crippen LogP) is 3.61. The molecule has 2 nitrogen and oxygen atoms in total. The van der Waals surface area contributed by atoms with Crippen LogP contribution in [0.1, 0.15) is 59.3 Å². The molecule has 0 radical (unpaired) electrons. The average molecular weight is 253 g/mol. The first kappa shape index (κ1) is 14.3. The minimum atomic E-state index is -0.0446. The first-order valence-corrected chi connectivity index (χ1v) is 7.85. The molecule has 0 aromatic carbocycles. The first-order valence-electron chi connectivity index (χ1n) is 7.85. The van der Waals surface area contributed by atoms with Crippen molar-refractivity contribution in [1.29, 1.82) is 0 Å². The second-order valence-corrected chi connectivity index (χ2v) is 6.98. The molecule has 0 heterocycles. The topological polar surface area (TPSA) is 21.3 Å². The lowest BCUT2D eigenvalue weighted by Gasteiger charge is -2.37. The molecule has 0 aliphatic heterocycles. The van der Waals surface area contributed by atoms with Gasteiger partial charge in [0.2, 0.25) is 0 Å². The fourth-order valence-corrected chi connectivity index (χ4v) is 4.04. The van der Waals surface area contributed by atoms with Gasteiger partial charge in [-0.25, -0.2) is 0 Å². The molecule has 2 fully saturated rings. The van der Waals surface area contributed by atoms with E-state index in [0.717, 1.165) is 24.3 Å². The van der Waals surface area contributed by atoms with Crippen molar-refractivity contribution in [3.05, 3.63) is 0 Å². The molecule has 2 aliphatic carbocycles. The summed E-state index contributed by atoms with van der Waals surface area (Å²) >= 11 is 0. The molecular weight excluding hydrogens is 222 g/mol. The third-order valence-corrected chi connectivity index (χ3v) is 5.43. The van der Waals surface area contributed by atoms with Crippen molar-refractivity contribution in [2.45, 2.75) is 70.9 Å². The zero-order valence-electron chi connectivity index (χ0n) is 12.7. The van der Waals surface area contributed by atoms with Gasteiger partial charge in [0, 0.05) is 13.2 Å². The van der Waals surface area contributed by atoms with E-state index in [-0.39, 0.29) is 5.60 Å². The zero-order chi connectivity index (χ0) is 13.2. The molecular formula is C16H31NO. The highest BCUT2D eigenvalue weighted by molar-refractivity contribution is 4.95. The smallest absolute Gasteiger partial charge is 0.0775 e. The van der Waals surface area contributed by atoms with Crippen molar-refractivity contribution < 1.29 is 4.74 Å². The number of hydrogen-bond acceptors (Lipinski definition) is 2. The Labute approximate surface area is 113 Å². The van der Waals surface area contributed by atoms with Gasteiger partial charge in [0.15, 0.2) is 0 Å². The molecule has 0 aromatic rings. The van der Waals surface area contributed by atoms with E-state index < -0.39 is 0 Å². The minimum absolute atomic E-state index is 0.0446. The minimum Gasteiger partial charge on any atom is -0.377 e. The summed E-state index contributed by atoms with van der Waals surface area (Å²) < 4.78 is 5.72. The van der Waals surface area contributed by atoms with Gasteiger partial charge >= 0.3 is 0 Å². The molecule has 106 valence electrons. The van der Waals surface area contributed by atoms with Crippen molar-refractivity contribution in [3.63, 3.8) is 0 Å². The monoisotopic (exact) mass is 253 g/mol. The van der Waals surface area contributed by atoms with E-state index in [0.29, 0.717) is 6.04 Å². The SMILES string of the molecule is CCCNC(CC1CC2CCC1C2)C(C)(C)OC. The molecule has 2 bridgehead atoms. The number of hydrogen-bond donors (Lipinski definition) is 1. The average Bonchev–Trinajstić information content (AvgIpc) is 2.96. The zero-order valence-corrected chi connectivity index (χ0v) is 12.7. The molecule has 0 saturated heterocycles. The number of nitrogens with one attached hydrogen (secondary N) is 1. The molecule has 2 heteroatoms. The Hall–Kier alpha value is -0.0800. The van der Waals surface area contributed by atoms with Crippen LogP contribution < -0.4 is 5.32 Å². The van der Waals surface area contributed by atoms with Gasteiger partial charge in [-0.05, 0) is 70.3 Å². The van der Waals surface area contributed by atoms with Gasteiger partial charge in [-0.3, -0.25) is 0 Å². The third kappa shape index (κ3) is 3.08. The van der Waals surface area contributed by atoms with Crippen LogP contribution in [0, 0.1) is 17.8 Å². The van der Waals surface area contributed by atoms with E-state index in [1.54, 1.807) is 0 Å². The van der Waals surface area contributed by atoms with Crippen molar-refractivity contribution in [2.24, 2.45) is 17.8 Å². The van der Waals surface area contributed by atoms with Crippen molar-refractivity contribution in [2.75, 3.05) is 13.7 Å². The molecule has 1 N–H and O–H groups in total. The number of ether oxygens (including phenoxy) is 1. The Kier molecular flexibility index (Phi) is 4.71. The number of fused-ring (bicyclic) bond motifs is 2. The summed E-state index contributed by atoms with van der Waals surface area (Å²) in [5, 5.41) is 3.72. The van der Waals surface area contributed by atoms with Crippen molar-refractivity contribution in [3.8, 4) is 0 Å². The van der Waals surface area contributed by atoms with Crippen LogP contribution in [-0.2, 0) is 4.74 Å². The maximum Gasteiger partial charge on any atom is 0.0775 e. The van der Waals surface area contributed by atoms with Crippen LogP contribution >= 0.6 is 0 Å². The van der Waals surface area contributed by atoms with Gasteiger partial charge in [-0.2, -0.15) is 0 Å². The van der Waals surface area contributed by atoms with Crippen molar-refractivity contribution >= 4 is 0 Å². The van der Waals surface area contributed by atoms with Crippen LogP contribution in [0.25, 0.3) is 0 Å². The lowest BCUT2D eigenvalue weighted by molar-refractivity contribution is -0.0191. The standard InChI is InChI=1S/C16H31NO/c1-5-8-17-15(16(2,3)18-4)11-14-10-12-6-7-13(14)9-12/h12-15,17H,5-11H2,1-4H3. The number of rotatable bonds is 7. The highest BCUT2D eigenvalue weighted by Crippen LogP contribution is 2.50. The number of methoxy groups -OCH3 is 1. The van der Waals surface area contributed by atoms with Crippen LogP contribution in [0.5, 0.6) is 0 Å². The Morgan fingerprint density at radius 1 is 1.28 bits per heavy atom. The largest absolute Gasteiger partial charge is 0.377 e. The summed E-state index contributed by atoms with van der Waals surface area (Å²) in [5.41, 5.74) is -0.0446. The summed E-state index contributed by atoms with van der Waals surface area (Å²) in [5.74, 6) is 3.03. The van der Waals surface area contributed by atoms with E-state index in [9.17, 15) is 0 Å². The summed E-state index contributed by atoms with van der Waals surface area (Å²) in [4.78, 5) is 0. The normalized spacial score (nSPS) is 33.0. The van der Waals surface area contributed by atoms with Crippen molar-refractivity contribution in [1.82, 2.24) is 5.32 Å². The van der Waals surface area contributed by atoms with E-state index in [2.05, 4.69) is 26.1 Å². The maximum absolute atomic E-state index is 5.72. The van der Waals surface area contributed by atoms with E-state index in [4.69, 9.17) is 4.74 Å². The molecule has 18 heavy (non-hydrogen) atoms. The Bertz CT molecular complexity index is 264. The van der Waals surface area contributed by atoms with E-state index >= 15 is 0 Å². The third-order valence-electron chi connectivity index (χ3n) is 5.43. The fraction of sp³-hybridized carbons (Fsp3) is 1.00. The highest BCUT2D eigenvalue weighted by atomic mass is 16.5. The Balaban J connectivity index is 1.92. The lowest BCUT2D eigenvalue weighted by atomic mass is 9.80. The summed E-state index contributed by atoms with van der Waals surface area (Å²) in [7, 11) is 1.85. The van der Waals surface area contributed by atoms with Crippen LogP contribution in [0.4, 0.5) is 0 Å². The summed E-state index contributed by atoms with van der Waals surface area (Å²) in [6.45, 7) is 7.81. The van der Waals surface area contributed by atoms with Gasteiger partial charge in [-0.15, -0.1) is 0 Å². The van der Waals surface area contributed by atoms with Crippen LogP contribution in [0.2, 0.25) is 0 Å². The van der Waals surface area contributed by atoms with Crippen LogP contribution in [-0.4, -0.2) is 25.3 Å². The second-order valence-electron chi connectivity index (χ2n) is 6.98. The van der Waals surface area contributed by atoms with E-state index in [1.165, 1.54) is 38.5 Å². The molecule has 0 spiro atoms. The molecule has 2 saturated carbocycles. The van der Waals surface area contributed by atoms with Gasteiger partial charge in [0.1, 0.15) is 0 Å². The highest BCUT2D eigenvalue weighted by Gasteiger charge is 2.42. The summed E-state index contributed by atoms with van der Waals surface area (Å²) in [6.07, 6.45) is 8.49. The molecule has 4 atom stereocenters. The first-order chi connectivity index (χ1) is 8.56. The van der Waals surface area contributed by atoms with Gasteiger partial charge in [-0.1, -0.05) is 13.3 Å².